The topological polar surface area (TPSA) is 66.6 Å². The standard InChI is InChI=1S/C21H20N6/c1-22-19(23-2)16-8-10-17(11-9-16)25-20-21-24-12-13-27(21)14-18(26-20)15-6-4-3-5-7-15/h3-14H,1-2H3,(H,22,23)(H,25,26). The predicted molar refractivity (Wildman–Crippen MR) is 110 cm³/mol. The van der Waals surface area contributed by atoms with Crippen LogP contribution in [0.2, 0.25) is 0 Å². The van der Waals surface area contributed by atoms with E-state index in [0.717, 1.165) is 34.0 Å². The number of nitrogens with zero attached hydrogens (tertiary/aromatic N) is 4. The first-order chi connectivity index (χ1) is 13.3. The Balaban J connectivity index is 1.70. The van der Waals surface area contributed by atoms with Crippen LogP contribution in [0.5, 0.6) is 0 Å². The second kappa shape index (κ2) is 7.29. The van der Waals surface area contributed by atoms with Crippen molar-refractivity contribution in [2.45, 2.75) is 0 Å². The molecule has 2 aromatic heterocycles. The molecular weight excluding hydrogens is 336 g/mol. The zero-order valence-electron chi connectivity index (χ0n) is 15.2. The average molecular weight is 356 g/mol. The van der Waals surface area contributed by atoms with E-state index < -0.39 is 0 Å². The number of aliphatic imine (C=N–C) groups is 1. The Morgan fingerprint density at radius 3 is 2.52 bits per heavy atom. The van der Waals surface area contributed by atoms with Crippen LogP contribution in [0, 0.1) is 0 Å². The second-order valence-corrected chi connectivity index (χ2v) is 6.02. The summed E-state index contributed by atoms with van der Waals surface area (Å²) in [4.78, 5) is 13.5. The summed E-state index contributed by atoms with van der Waals surface area (Å²) in [5.74, 6) is 1.56. The highest BCUT2D eigenvalue weighted by atomic mass is 15.1. The monoisotopic (exact) mass is 356 g/mol. The molecule has 6 heteroatoms. The molecule has 2 heterocycles. The summed E-state index contributed by atoms with van der Waals surface area (Å²) >= 11 is 0. The fourth-order valence-corrected chi connectivity index (χ4v) is 3.00. The lowest BCUT2D eigenvalue weighted by Crippen LogP contribution is -2.19. The molecule has 2 N–H and O–H groups in total. The summed E-state index contributed by atoms with van der Waals surface area (Å²) in [5.41, 5.74) is 4.69. The van der Waals surface area contributed by atoms with Gasteiger partial charge < -0.3 is 15.0 Å². The third-order valence-corrected chi connectivity index (χ3v) is 4.33. The number of hydrogen-bond acceptors (Lipinski definition) is 4. The van der Waals surface area contributed by atoms with Crippen molar-refractivity contribution in [1.82, 2.24) is 19.7 Å². The van der Waals surface area contributed by atoms with Crippen LogP contribution in [0.3, 0.4) is 0 Å². The van der Waals surface area contributed by atoms with Gasteiger partial charge in [0.1, 0.15) is 5.84 Å². The van der Waals surface area contributed by atoms with Crippen LogP contribution in [-0.4, -0.2) is 34.3 Å². The number of nitrogens with one attached hydrogen (secondary N) is 2. The maximum Gasteiger partial charge on any atom is 0.180 e. The van der Waals surface area contributed by atoms with Crippen LogP contribution in [0.15, 0.2) is 78.2 Å². The van der Waals surface area contributed by atoms with Crippen molar-refractivity contribution in [2.24, 2.45) is 4.99 Å². The van der Waals surface area contributed by atoms with E-state index in [-0.39, 0.29) is 0 Å². The van der Waals surface area contributed by atoms with Crippen LogP contribution in [0.25, 0.3) is 16.9 Å². The Kier molecular flexibility index (Phi) is 4.53. The van der Waals surface area contributed by atoms with Crippen molar-refractivity contribution in [3.8, 4) is 11.3 Å². The Labute approximate surface area is 157 Å². The van der Waals surface area contributed by atoms with Crippen molar-refractivity contribution in [3.63, 3.8) is 0 Å². The highest BCUT2D eigenvalue weighted by Gasteiger charge is 2.10. The minimum Gasteiger partial charge on any atom is -0.373 e. The zero-order valence-corrected chi connectivity index (χ0v) is 15.2. The Hall–Kier alpha value is -3.67. The van der Waals surface area contributed by atoms with Gasteiger partial charge in [-0.25, -0.2) is 9.97 Å². The molecule has 0 spiro atoms. The summed E-state index contributed by atoms with van der Waals surface area (Å²) in [5, 5.41) is 6.48. The van der Waals surface area contributed by atoms with E-state index in [4.69, 9.17) is 4.98 Å². The highest BCUT2D eigenvalue weighted by Crippen LogP contribution is 2.24. The maximum absolute atomic E-state index is 4.80. The second-order valence-electron chi connectivity index (χ2n) is 6.02. The SMILES string of the molecule is CN=C(NC)c1ccc(Nc2nc(-c3ccccc3)cn3ccnc23)cc1. The van der Waals surface area contributed by atoms with Crippen molar-refractivity contribution in [1.29, 1.82) is 0 Å². The molecule has 0 fully saturated rings. The molecule has 0 unspecified atom stereocenters. The molecule has 0 saturated carbocycles. The molecule has 134 valence electrons. The number of anilines is 2. The molecule has 2 aromatic carbocycles. The normalized spacial score (nSPS) is 11.6. The van der Waals surface area contributed by atoms with E-state index in [1.54, 1.807) is 13.2 Å². The lowest BCUT2D eigenvalue weighted by molar-refractivity contribution is 1.13. The third-order valence-electron chi connectivity index (χ3n) is 4.33. The summed E-state index contributed by atoms with van der Waals surface area (Å²) in [6.45, 7) is 0. The van der Waals surface area contributed by atoms with Gasteiger partial charge in [0, 0.05) is 49.5 Å². The van der Waals surface area contributed by atoms with Crippen LogP contribution in [-0.2, 0) is 0 Å². The fraction of sp³-hybridized carbons (Fsp3) is 0.0952. The van der Waals surface area contributed by atoms with Crippen molar-refractivity contribution >= 4 is 23.0 Å². The van der Waals surface area contributed by atoms with E-state index >= 15 is 0 Å². The molecule has 6 nitrogen and oxygen atoms in total. The number of rotatable bonds is 4. The van der Waals surface area contributed by atoms with Gasteiger partial charge in [0.05, 0.1) is 5.69 Å². The first kappa shape index (κ1) is 16.8. The third kappa shape index (κ3) is 3.37. The van der Waals surface area contributed by atoms with Gasteiger partial charge in [0.25, 0.3) is 0 Å². The minimum atomic E-state index is 0.715. The zero-order chi connectivity index (χ0) is 18.6. The van der Waals surface area contributed by atoms with Crippen LogP contribution in [0.1, 0.15) is 5.56 Å². The number of amidine groups is 1. The summed E-state index contributed by atoms with van der Waals surface area (Å²) in [6, 6.07) is 18.2. The number of aromatic nitrogens is 3. The molecule has 0 atom stereocenters. The first-order valence-electron chi connectivity index (χ1n) is 8.69. The van der Waals surface area contributed by atoms with Crippen LogP contribution < -0.4 is 10.6 Å². The van der Waals surface area contributed by atoms with Crippen molar-refractivity contribution in [2.75, 3.05) is 19.4 Å². The number of fused-ring (bicyclic) bond motifs is 1. The first-order valence-corrected chi connectivity index (χ1v) is 8.69. The van der Waals surface area contributed by atoms with E-state index in [1.807, 2.05) is 78.4 Å². The van der Waals surface area contributed by atoms with Crippen LogP contribution >= 0.6 is 0 Å². The van der Waals surface area contributed by atoms with E-state index in [2.05, 4.69) is 20.6 Å². The largest absolute Gasteiger partial charge is 0.373 e. The van der Waals surface area contributed by atoms with E-state index in [9.17, 15) is 0 Å². The maximum atomic E-state index is 4.80. The lowest BCUT2D eigenvalue weighted by Gasteiger charge is -2.11. The quantitative estimate of drug-likeness (QED) is 0.432. The van der Waals surface area contributed by atoms with Gasteiger partial charge in [-0.15, -0.1) is 0 Å². The Bertz CT molecular complexity index is 1080. The molecule has 4 aromatic rings. The molecule has 4 rings (SSSR count). The molecule has 0 amide bonds. The molecule has 0 aliphatic heterocycles. The summed E-state index contributed by atoms with van der Waals surface area (Å²) in [7, 11) is 3.63. The molecule has 0 saturated heterocycles. The molecule has 0 aliphatic rings. The number of benzene rings is 2. The number of hydrogen-bond donors (Lipinski definition) is 2. The lowest BCUT2D eigenvalue weighted by atomic mass is 10.1. The Morgan fingerprint density at radius 2 is 1.81 bits per heavy atom. The molecule has 27 heavy (non-hydrogen) atoms. The van der Waals surface area contributed by atoms with Crippen molar-refractivity contribution in [3.05, 3.63) is 78.8 Å². The van der Waals surface area contributed by atoms with Gasteiger partial charge in [-0.2, -0.15) is 0 Å². The van der Waals surface area contributed by atoms with Crippen molar-refractivity contribution < 1.29 is 0 Å². The minimum absolute atomic E-state index is 0.715. The smallest absolute Gasteiger partial charge is 0.180 e. The fourth-order valence-electron chi connectivity index (χ4n) is 3.00. The van der Waals surface area contributed by atoms with Gasteiger partial charge in [0.15, 0.2) is 11.5 Å². The molecule has 0 radical (unpaired) electrons. The number of imidazole rings is 1. The van der Waals surface area contributed by atoms with Gasteiger partial charge in [-0.1, -0.05) is 30.3 Å². The van der Waals surface area contributed by atoms with Gasteiger partial charge in [-0.3, -0.25) is 4.99 Å². The van der Waals surface area contributed by atoms with Gasteiger partial charge in [-0.05, 0) is 24.3 Å². The van der Waals surface area contributed by atoms with Gasteiger partial charge in [0.2, 0.25) is 0 Å². The molecular formula is C21H20N6. The summed E-state index contributed by atoms with van der Waals surface area (Å²) in [6.07, 6.45) is 5.69. The van der Waals surface area contributed by atoms with E-state index in [1.165, 1.54) is 0 Å². The van der Waals surface area contributed by atoms with Gasteiger partial charge >= 0.3 is 0 Å². The highest BCUT2D eigenvalue weighted by molar-refractivity contribution is 5.98. The van der Waals surface area contributed by atoms with Crippen LogP contribution in [0.4, 0.5) is 11.5 Å². The average Bonchev–Trinajstić information content (AvgIpc) is 3.20. The van der Waals surface area contributed by atoms with E-state index in [0.29, 0.717) is 5.82 Å². The Morgan fingerprint density at radius 1 is 1.04 bits per heavy atom. The summed E-state index contributed by atoms with van der Waals surface area (Å²) < 4.78 is 1.98. The molecule has 0 bridgehead atoms. The molecule has 0 aliphatic carbocycles. The predicted octanol–water partition coefficient (Wildman–Crippen LogP) is 3.74.